The van der Waals surface area contributed by atoms with E-state index in [2.05, 4.69) is 0 Å². The Balaban J connectivity index is 1.79. The quantitative estimate of drug-likeness (QED) is 0.340. The normalized spacial score (nSPS) is 36.2. The second kappa shape index (κ2) is 9.02. The van der Waals surface area contributed by atoms with Gasteiger partial charge in [0.25, 0.3) is 0 Å². The SMILES string of the molecule is CC(=O)C1=C(O)C(C(C)C)[C@@]2(C)[C@H](O)[C@]3(C)C(=C(O)[C@@]2(O)C1=O)C(=O)c1c(ccc(CC2CCCC2)c1O)[C@H]3C. The lowest BCUT2D eigenvalue weighted by Crippen LogP contribution is -2.73. The molecule has 5 rings (SSSR count). The van der Waals surface area contributed by atoms with E-state index in [1.165, 1.54) is 6.92 Å². The van der Waals surface area contributed by atoms with Crippen LogP contribution in [0.2, 0.25) is 0 Å². The number of hydrogen-bond donors (Lipinski definition) is 5. The number of carbonyl (C=O) groups is 3. The van der Waals surface area contributed by atoms with Crippen molar-refractivity contribution >= 4 is 17.3 Å². The van der Waals surface area contributed by atoms with Gasteiger partial charge < -0.3 is 25.5 Å². The van der Waals surface area contributed by atoms with Gasteiger partial charge in [0.05, 0.1) is 17.2 Å². The summed E-state index contributed by atoms with van der Waals surface area (Å²) in [6, 6.07) is 3.60. The Morgan fingerprint density at radius 3 is 2.23 bits per heavy atom. The number of ketones is 3. The minimum absolute atomic E-state index is 0.00438. The minimum Gasteiger partial charge on any atom is -0.511 e. The van der Waals surface area contributed by atoms with Gasteiger partial charge in [-0.05, 0) is 42.2 Å². The first kappa shape index (κ1) is 28.6. The maximum Gasteiger partial charge on any atom is 0.209 e. The predicted octanol–water partition coefficient (Wildman–Crippen LogP) is 4.61. The smallest absolute Gasteiger partial charge is 0.209 e. The van der Waals surface area contributed by atoms with Crippen molar-refractivity contribution in [2.45, 2.75) is 91.3 Å². The molecule has 0 heterocycles. The van der Waals surface area contributed by atoms with Gasteiger partial charge in [-0.1, -0.05) is 72.4 Å². The summed E-state index contributed by atoms with van der Waals surface area (Å²) in [6.07, 6.45) is 3.32. The van der Waals surface area contributed by atoms with Gasteiger partial charge in [0.2, 0.25) is 5.78 Å². The monoisotopic (exact) mass is 552 g/mol. The van der Waals surface area contributed by atoms with Gasteiger partial charge in [-0.15, -0.1) is 0 Å². The van der Waals surface area contributed by atoms with Crippen molar-refractivity contribution in [3.05, 3.63) is 51.5 Å². The third-order valence-corrected chi connectivity index (χ3v) is 10.9. The van der Waals surface area contributed by atoms with E-state index in [1.807, 2.05) is 6.07 Å². The topological polar surface area (TPSA) is 152 Å². The number of aliphatic hydroxyl groups excluding tert-OH is 3. The third kappa shape index (κ3) is 3.23. The van der Waals surface area contributed by atoms with Crippen LogP contribution in [0.25, 0.3) is 0 Å². The van der Waals surface area contributed by atoms with E-state index >= 15 is 0 Å². The van der Waals surface area contributed by atoms with Crippen LogP contribution in [-0.4, -0.2) is 54.6 Å². The van der Waals surface area contributed by atoms with E-state index in [0.29, 0.717) is 23.5 Å². The molecular weight excluding hydrogens is 512 g/mol. The fraction of sp³-hybridized carbons (Fsp3) is 0.594. The molecule has 0 aliphatic heterocycles. The van der Waals surface area contributed by atoms with Gasteiger partial charge in [0.15, 0.2) is 17.2 Å². The molecule has 216 valence electrons. The molecule has 0 radical (unpaired) electrons. The summed E-state index contributed by atoms with van der Waals surface area (Å²) in [5.41, 5.74) is -6.17. The molecule has 1 unspecified atom stereocenters. The molecule has 1 saturated carbocycles. The molecule has 6 atom stereocenters. The number of hydrogen-bond acceptors (Lipinski definition) is 8. The number of aliphatic hydroxyl groups is 4. The Labute approximate surface area is 234 Å². The van der Waals surface area contributed by atoms with Crippen LogP contribution in [0, 0.1) is 28.6 Å². The highest BCUT2D eigenvalue weighted by Gasteiger charge is 2.76. The highest BCUT2D eigenvalue weighted by molar-refractivity contribution is 6.25. The Kier molecular flexibility index (Phi) is 6.44. The van der Waals surface area contributed by atoms with Crippen LogP contribution in [0.4, 0.5) is 0 Å². The van der Waals surface area contributed by atoms with Gasteiger partial charge in [-0.25, -0.2) is 0 Å². The fourth-order valence-electron chi connectivity index (χ4n) is 8.67. The highest BCUT2D eigenvalue weighted by atomic mass is 16.4. The summed E-state index contributed by atoms with van der Waals surface area (Å²) < 4.78 is 0. The number of Topliss-reactive ketones (excluding diaryl/α,β-unsaturated/α-hetero) is 3. The Morgan fingerprint density at radius 2 is 1.68 bits per heavy atom. The van der Waals surface area contributed by atoms with Gasteiger partial charge in [-0.2, -0.15) is 0 Å². The van der Waals surface area contributed by atoms with Crippen molar-refractivity contribution in [1.82, 2.24) is 0 Å². The van der Waals surface area contributed by atoms with Crippen LogP contribution >= 0.6 is 0 Å². The first-order chi connectivity index (χ1) is 18.6. The van der Waals surface area contributed by atoms with E-state index in [0.717, 1.165) is 32.6 Å². The largest absolute Gasteiger partial charge is 0.511 e. The molecule has 4 aliphatic carbocycles. The highest BCUT2D eigenvalue weighted by Crippen LogP contribution is 2.67. The maximum atomic E-state index is 14.3. The lowest BCUT2D eigenvalue weighted by Gasteiger charge is -2.63. The first-order valence-corrected chi connectivity index (χ1v) is 14.3. The molecule has 1 fully saturated rings. The lowest BCUT2D eigenvalue weighted by molar-refractivity contribution is -0.211. The average Bonchev–Trinajstić information content (AvgIpc) is 3.38. The standard InChI is InChI=1S/C32H40O8/c1-14(2)22-25(35)20(16(4)33)27(37)32(40)28(38)23-26(36)21-19(15(3)30(23,5)29(39)31(22,32)6)12-11-18(24(21)34)13-17-9-7-8-10-17/h11-12,14-15,17,22,29,34-35,38-40H,7-10,13H2,1-6H3/t15-,22?,29-,30+,31+,32+/m1/s1. The van der Waals surface area contributed by atoms with Crippen molar-refractivity contribution in [2.24, 2.45) is 28.6 Å². The Bertz CT molecular complexity index is 1400. The molecule has 0 aromatic heterocycles. The third-order valence-electron chi connectivity index (χ3n) is 10.9. The summed E-state index contributed by atoms with van der Waals surface area (Å²) in [5.74, 6) is -6.31. The van der Waals surface area contributed by atoms with Crippen LogP contribution in [-0.2, 0) is 16.0 Å². The molecule has 40 heavy (non-hydrogen) atoms. The Morgan fingerprint density at radius 1 is 1.07 bits per heavy atom. The number of fused-ring (bicyclic) bond motifs is 3. The summed E-state index contributed by atoms with van der Waals surface area (Å²) in [6.45, 7) is 9.32. The molecule has 1 aromatic rings. The second-order valence-electron chi connectivity index (χ2n) is 13.2. The number of carbonyl (C=O) groups excluding carboxylic acids is 3. The number of allylic oxidation sites excluding steroid dienone is 1. The number of phenolic OH excluding ortho intramolecular Hbond substituents is 1. The zero-order valence-electron chi connectivity index (χ0n) is 24.0. The number of rotatable bonds is 4. The summed E-state index contributed by atoms with van der Waals surface area (Å²) >= 11 is 0. The summed E-state index contributed by atoms with van der Waals surface area (Å²) in [7, 11) is 0. The van der Waals surface area contributed by atoms with Crippen molar-refractivity contribution in [3.8, 4) is 5.75 Å². The zero-order chi connectivity index (χ0) is 29.7. The van der Waals surface area contributed by atoms with Crippen molar-refractivity contribution < 1.29 is 39.9 Å². The molecule has 8 heteroatoms. The van der Waals surface area contributed by atoms with Crippen molar-refractivity contribution in [2.75, 3.05) is 0 Å². The summed E-state index contributed by atoms with van der Waals surface area (Å²) in [4.78, 5) is 40.6. The number of benzene rings is 1. The van der Waals surface area contributed by atoms with Crippen LogP contribution < -0.4 is 0 Å². The molecule has 8 nitrogen and oxygen atoms in total. The van der Waals surface area contributed by atoms with Gasteiger partial charge >= 0.3 is 0 Å². The van der Waals surface area contributed by atoms with Gasteiger partial charge in [0, 0.05) is 16.7 Å². The van der Waals surface area contributed by atoms with E-state index in [9.17, 15) is 39.9 Å². The van der Waals surface area contributed by atoms with Crippen molar-refractivity contribution in [1.29, 1.82) is 0 Å². The molecule has 0 amide bonds. The number of aromatic hydroxyl groups is 1. The van der Waals surface area contributed by atoms with E-state index in [1.54, 1.807) is 33.8 Å². The van der Waals surface area contributed by atoms with Crippen LogP contribution in [0.3, 0.4) is 0 Å². The minimum atomic E-state index is -2.87. The molecule has 0 spiro atoms. The van der Waals surface area contributed by atoms with Gasteiger partial charge in [0.1, 0.15) is 22.8 Å². The number of phenols is 1. The van der Waals surface area contributed by atoms with Gasteiger partial charge in [-0.3, -0.25) is 14.4 Å². The molecular formula is C32H40O8. The molecule has 4 aliphatic rings. The van der Waals surface area contributed by atoms with Crippen molar-refractivity contribution in [3.63, 3.8) is 0 Å². The molecule has 5 N–H and O–H groups in total. The van der Waals surface area contributed by atoms with Crippen LogP contribution in [0.1, 0.15) is 94.6 Å². The fourth-order valence-corrected chi connectivity index (χ4v) is 8.67. The molecule has 0 saturated heterocycles. The van der Waals surface area contributed by atoms with Crippen LogP contribution in [0.15, 0.2) is 34.8 Å². The van der Waals surface area contributed by atoms with E-state index in [-0.39, 0.29) is 16.9 Å². The maximum absolute atomic E-state index is 14.3. The van der Waals surface area contributed by atoms with E-state index in [4.69, 9.17) is 0 Å². The zero-order valence-corrected chi connectivity index (χ0v) is 24.0. The lowest BCUT2D eigenvalue weighted by atomic mass is 9.41. The molecule has 0 bridgehead atoms. The van der Waals surface area contributed by atoms with E-state index < -0.39 is 74.7 Å². The van der Waals surface area contributed by atoms with Crippen LogP contribution in [0.5, 0.6) is 5.75 Å². The summed E-state index contributed by atoms with van der Waals surface area (Å²) in [5, 5.41) is 58.9. The first-order valence-electron chi connectivity index (χ1n) is 14.3. The Hall–Kier alpha value is -2.97. The molecule has 1 aromatic carbocycles. The second-order valence-corrected chi connectivity index (χ2v) is 13.2. The average molecular weight is 553 g/mol. The predicted molar refractivity (Wildman–Crippen MR) is 147 cm³/mol.